The van der Waals surface area contributed by atoms with Gasteiger partial charge in [0, 0.05) is 40.7 Å². The van der Waals surface area contributed by atoms with Crippen LogP contribution in [-0.2, 0) is 11.2 Å². The minimum atomic E-state index is -0.0209. The standard InChI is InChI=1S/C23H20N4O2S/c28-21(12-14-30-19-9-2-1-3-10-19)25-20-11-5-4-7-17(20)15-22-26-23(27-29-22)18-8-6-13-24-16-18/h1-11,13,16H,12,14-15H2,(H,25,28). The maximum absolute atomic E-state index is 12.4. The van der Waals surface area contributed by atoms with E-state index in [1.54, 1.807) is 24.2 Å². The lowest BCUT2D eigenvalue weighted by Gasteiger charge is -2.09. The van der Waals surface area contributed by atoms with Gasteiger partial charge in [0.2, 0.25) is 17.6 Å². The molecular weight excluding hydrogens is 396 g/mol. The third-order valence-corrected chi connectivity index (χ3v) is 5.38. The first-order valence-corrected chi connectivity index (χ1v) is 10.5. The van der Waals surface area contributed by atoms with Crippen LogP contribution in [0.4, 0.5) is 5.69 Å². The van der Waals surface area contributed by atoms with E-state index in [9.17, 15) is 4.79 Å². The Bertz CT molecular complexity index is 1100. The van der Waals surface area contributed by atoms with Gasteiger partial charge in [0.1, 0.15) is 0 Å². The van der Waals surface area contributed by atoms with Gasteiger partial charge in [-0.1, -0.05) is 41.6 Å². The number of hydrogen-bond acceptors (Lipinski definition) is 6. The number of amides is 1. The number of pyridine rings is 1. The first kappa shape index (κ1) is 19.8. The summed E-state index contributed by atoms with van der Waals surface area (Å²) in [4.78, 5) is 22.1. The van der Waals surface area contributed by atoms with Crippen LogP contribution < -0.4 is 5.32 Å². The fraction of sp³-hybridized carbons (Fsp3) is 0.130. The van der Waals surface area contributed by atoms with E-state index in [0.29, 0.717) is 24.6 Å². The molecule has 150 valence electrons. The maximum atomic E-state index is 12.4. The molecule has 0 radical (unpaired) electrons. The quantitative estimate of drug-likeness (QED) is 0.414. The Balaban J connectivity index is 1.37. The van der Waals surface area contributed by atoms with Gasteiger partial charge in [0.15, 0.2) is 0 Å². The zero-order valence-corrected chi connectivity index (χ0v) is 17.0. The van der Waals surface area contributed by atoms with Crippen LogP contribution in [0.1, 0.15) is 17.9 Å². The summed E-state index contributed by atoms with van der Waals surface area (Å²) in [5.41, 5.74) is 2.47. The molecule has 0 aliphatic rings. The zero-order chi connectivity index (χ0) is 20.6. The van der Waals surface area contributed by atoms with Gasteiger partial charge in [-0.2, -0.15) is 4.98 Å². The predicted molar refractivity (Wildman–Crippen MR) is 117 cm³/mol. The second kappa shape index (κ2) is 9.84. The molecule has 2 heterocycles. The first-order valence-electron chi connectivity index (χ1n) is 9.56. The molecule has 30 heavy (non-hydrogen) atoms. The Hall–Kier alpha value is -3.45. The highest BCUT2D eigenvalue weighted by atomic mass is 32.2. The summed E-state index contributed by atoms with van der Waals surface area (Å²) in [6.07, 6.45) is 4.25. The second-order valence-electron chi connectivity index (χ2n) is 6.55. The van der Waals surface area contributed by atoms with Gasteiger partial charge < -0.3 is 9.84 Å². The van der Waals surface area contributed by atoms with Crippen LogP contribution in [0.2, 0.25) is 0 Å². The maximum Gasteiger partial charge on any atom is 0.231 e. The van der Waals surface area contributed by atoms with Crippen LogP contribution in [0.5, 0.6) is 0 Å². The van der Waals surface area contributed by atoms with Crippen molar-refractivity contribution in [3.8, 4) is 11.4 Å². The molecule has 2 aromatic heterocycles. The van der Waals surface area contributed by atoms with Crippen LogP contribution in [0.3, 0.4) is 0 Å². The summed E-state index contributed by atoms with van der Waals surface area (Å²) in [6, 6.07) is 21.4. The number of para-hydroxylation sites is 1. The Kier molecular flexibility index (Phi) is 6.51. The molecule has 0 unspecified atom stereocenters. The van der Waals surface area contributed by atoms with E-state index >= 15 is 0 Å². The number of nitrogens with zero attached hydrogens (tertiary/aromatic N) is 3. The topological polar surface area (TPSA) is 80.9 Å². The summed E-state index contributed by atoms with van der Waals surface area (Å²) in [7, 11) is 0. The Morgan fingerprint density at radius 1 is 1.00 bits per heavy atom. The summed E-state index contributed by atoms with van der Waals surface area (Å²) < 4.78 is 5.39. The van der Waals surface area contributed by atoms with E-state index in [0.717, 1.165) is 27.5 Å². The molecule has 0 saturated carbocycles. The molecule has 0 saturated heterocycles. The average Bonchev–Trinajstić information content (AvgIpc) is 3.25. The molecule has 4 aromatic rings. The SMILES string of the molecule is O=C(CCSc1ccccc1)Nc1ccccc1Cc1nc(-c2cccnc2)no1. The number of thioether (sulfide) groups is 1. The van der Waals surface area contributed by atoms with Gasteiger partial charge >= 0.3 is 0 Å². The molecule has 2 aromatic carbocycles. The number of anilines is 1. The first-order chi connectivity index (χ1) is 14.8. The lowest BCUT2D eigenvalue weighted by molar-refractivity contribution is -0.115. The monoisotopic (exact) mass is 416 g/mol. The number of hydrogen-bond donors (Lipinski definition) is 1. The number of carbonyl (C=O) groups is 1. The summed E-state index contributed by atoms with van der Waals surface area (Å²) >= 11 is 1.67. The van der Waals surface area contributed by atoms with E-state index in [1.807, 2.05) is 66.7 Å². The Morgan fingerprint density at radius 2 is 1.83 bits per heavy atom. The molecule has 0 aliphatic heterocycles. The third kappa shape index (κ3) is 5.33. The average molecular weight is 417 g/mol. The van der Waals surface area contributed by atoms with Crippen LogP contribution >= 0.6 is 11.8 Å². The van der Waals surface area contributed by atoms with Crippen LogP contribution in [0, 0.1) is 0 Å². The van der Waals surface area contributed by atoms with Gasteiger partial charge in [0.25, 0.3) is 0 Å². The van der Waals surface area contributed by atoms with Crippen LogP contribution in [0.15, 0.2) is 88.5 Å². The summed E-state index contributed by atoms with van der Waals surface area (Å²) in [5.74, 6) is 1.68. The molecule has 0 fully saturated rings. The van der Waals surface area contributed by atoms with Gasteiger partial charge in [-0.25, -0.2) is 0 Å². The third-order valence-electron chi connectivity index (χ3n) is 4.36. The fourth-order valence-corrected chi connectivity index (χ4v) is 3.76. The number of aromatic nitrogens is 3. The highest BCUT2D eigenvalue weighted by Crippen LogP contribution is 2.22. The Morgan fingerprint density at radius 3 is 2.67 bits per heavy atom. The Labute approximate surface area is 178 Å². The normalized spacial score (nSPS) is 10.7. The molecule has 0 spiro atoms. The summed E-state index contributed by atoms with van der Waals surface area (Å²) in [5, 5.41) is 7.03. The van der Waals surface area contributed by atoms with Crippen molar-refractivity contribution in [3.63, 3.8) is 0 Å². The van der Waals surface area contributed by atoms with Crippen LogP contribution in [-0.4, -0.2) is 26.8 Å². The molecule has 0 aliphatic carbocycles. The molecule has 1 amide bonds. The van der Waals surface area contributed by atoms with E-state index in [2.05, 4.69) is 20.4 Å². The van der Waals surface area contributed by atoms with Crippen molar-refractivity contribution in [1.82, 2.24) is 15.1 Å². The number of carbonyl (C=O) groups excluding carboxylic acids is 1. The highest BCUT2D eigenvalue weighted by Gasteiger charge is 2.13. The summed E-state index contributed by atoms with van der Waals surface area (Å²) in [6.45, 7) is 0. The van der Waals surface area contributed by atoms with Gasteiger partial charge in [-0.05, 0) is 35.9 Å². The number of benzene rings is 2. The smallest absolute Gasteiger partial charge is 0.231 e. The zero-order valence-electron chi connectivity index (χ0n) is 16.2. The molecule has 0 bridgehead atoms. The van der Waals surface area contributed by atoms with Crippen molar-refractivity contribution in [2.75, 3.05) is 11.1 Å². The number of nitrogens with one attached hydrogen (secondary N) is 1. The number of rotatable bonds is 8. The van der Waals surface area contributed by atoms with Crippen molar-refractivity contribution in [2.45, 2.75) is 17.7 Å². The van der Waals surface area contributed by atoms with E-state index in [1.165, 1.54) is 0 Å². The second-order valence-corrected chi connectivity index (χ2v) is 7.72. The van der Waals surface area contributed by atoms with E-state index in [4.69, 9.17) is 4.52 Å². The molecule has 7 heteroatoms. The minimum absolute atomic E-state index is 0.0209. The molecule has 6 nitrogen and oxygen atoms in total. The van der Waals surface area contributed by atoms with Crippen LogP contribution in [0.25, 0.3) is 11.4 Å². The minimum Gasteiger partial charge on any atom is -0.339 e. The van der Waals surface area contributed by atoms with E-state index < -0.39 is 0 Å². The predicted octanol–water partition coefficient (Wildman–Crippen LogP) is 4.84. The molecule has 4 rings (SSSR count). The molecule has 1 N–H and O–H groups in total. The fourth-order valence-electron chi connectivity index (χ4n) is 2.89. The largest absolute Gasteiger partial charge is 0.339 e. The van der Waals surface area contributed by atoms with Crippen molar-refractivity contribution in [3.05, 3.63) is 90.6 Å². The van der Waals surface area contributed by atoms with E-state index in [-0.39, 0.29) is 5.91 Å². The lowest BCUT2D eigenvalue weighted by atomic mass is 10.1. The van der Waals surface area contributed by atoms with Gasteiger partial charge in [-0.15, -0.1) is 11.8 Å². The van der Waals surface area contributed by atoms with Crippen molar-refractivity contribution >= 4 is 23.4 Å². The van der Waals surface area contributed by atoms with Gasteiger partial charge in [0.05, 0.1) is 6.42 Å². The van der Waals surface area contributed by atoms with Crippen molar-refractivity contribution in [2.24, 2.45) is 0 Å². The lowest BCUT2D eigenvalue weighted by Crippen LogP contribution is -2.13. The van der Waals surface area contributed by atoms with Gasteiger partial charge in [-0.3, -0.25) is 9.78 Å². The highest BCUT2D eigenvalue weighted by molar-refractivity contribution is 7.99. The molecule has 0 atom stereocenters. The van der Waals surface area contributed by atoms with Crippen molar-refractivity contribution in [1.29, 1.82) is 0 Å². The van der Waals surface area contributed by atoms with Crippen molar-refractivity contribution < 1.29 is 9.32 Å². The molecular formula is C23H20N4O2S.